The summed E-state index contributed by atoms with van der Waals surface area (Å²) in [6.45, 7) is 6.04. The molecule has 1 saturated heterocycles. The summed E-state index contributed by atoms with van der Waals surface area (Å²) >= 11 is 0. The monoisotopic (exact) mass is 457 g/mol. The second-order valence-electron chi connectivity index (χ2n) is 9.26. The van der Waals surface area contributed by atoms with Gasteiger partial charge in [-0.25, -0.2) is 4.98 Å². The second kappa shape index (κ2) is 9.12. The highest BCUT2D eigenvalue weighted by Gasteiger charge is 2.23. The molecule has 3 aliphatic rings. The first-order valence-corrected chi connectivity index (χ1v) is 12.3. The predicted octanol–water partition coefficient (Wildman–Crippen LogP) is 2.20. The average Bonchev–Trinajstić information content (AvgIpc) is 3.37. The van der Waals surface area contributed by atoms with Crippen molar-refractivity contribution in [2.75, 3.05) is 44.2 Å². The molecule has 176 valence electrons. The highest BCUT2D eigenvalue weighted by Crippen LogP contribution is 2.26. The Balaban J connectivity index is 0.999. The van der Waals surface area contributed by atoms with E-state index in [9.17, 15) is 4.79 Å². The number of aromatic nitrogens is 2. The number of nitrogens with zero attached hydrogens (tertiary/aromatic N) is 4. The number of allylic oxidation sites excluding steroid dienone is 2. The number of carbonyl (C=O) groups is 1. The van der Waals surface area contributed by atoms with Gasteiger partial charge in [0.1, 0.15) is 0 Å². The molecule has 0 radical (unpaired) electrons. The van der Waals surface area contributed by atoms with E-state index in [1.165, 1.54) is 11.1 Å². The van der Waals surface area contributed by atoms with E-state index in [1.807, 2.05) is 6.20 Å². The summed E-state index contributed by atoms with van der Waals surface area (Å²) < 4.78 is 2.25. The van der Waals surface area contributed by atoms with E-state index >= 15 is 0 Å². The molecule has 8 nitrogen and oxygen atoms in total. The van der Waals surface area contributed by atoms with Gasteiger partial charge in [-0.1, -0.05) is 12.1 Å². The van der Waals surface area contributed by atoms with Crippen LogP contribution < -0.4 is 20.9 Å². The molecule has 0 amide bonds. The van der Waals surface area contributed by atoms with Crippen LogP contribution in [0.3, 0.4) is 0 Å². The highest BCUT2D eigenvalue weighted by molar-refractivity contribution is 5.92. The lowest BCUT2D eigenvalue weighted by molar-refractivity contribution is -0.114. The number of para-hydroxylation sites is 2. The quantitative estimate of drug-likeness (QED) is 0.490. The lowest BCUT2D eigenvalue weighted by Gasteiger charge is -2.36. The minimum absolute atomic E-state index is 0.0267. The van der Waals surface area contributed by atoms with Crippen LogP contribution in [0.25, 0.3) is 16.6 Å². The van der Waals surface area contributed by atoms with Gasteiger partial charge in [-0.2, -0.15) is 0 Å². The third kappa shape index (κ3) is 4.15. The maximum absolute atomic E-state index is 11.7. The van der Waals surface area contributed by atoms with Crippen molar-refractivity contribution in [2.24, 2.45) is 0 Å². The van der Waals surface area contributed by atoms with Gasteiger partial charge < -0.3 is 19.9 Å². The Morgan fingerprint density at radius 1 is 1.03 bits per heavy atom. The summed E-state index contributed by atoms with van der Waals surface area (Å²) in [6.07, 6.45) is 8.37. The molecule has 3 N–H and O–H groups in total. The number of carbonyl (C=O) groups excluding carboxylic acids is 1. The van der Waals surface area contributed by atoms with Crippen molar-refractivity contribution in [3.8, 4) is 0 Å². The first-order chi connectivity index (χ1) is 16.7. The molecule has 8 heteroatoms. The summed E-state index contributed by atoms with van der Waals surface area (Å²) in [5.41, 5.74) is 5.51. The maximum Gasteiger partial charge on any atom is 0.158 e. The molecular formula is C26H31N7O. The Hall–Kier alpha value is -3.36. The van der Waals surface area contributed by atoms with Crippen LogP contribution in [0.15, 0.2) is 66.1 Å². The molecule has 3 aromatic rings. The number of fused-ring (bicyclic) bond motifs is 4. The van der Waals surface area contributed by atoms with Crippen molar-refractivity contribution < 1.29 is 4.79 Å². The van der Waals surface area contributed by atoms with Gasteiger partial charge >= 0.3 is 0 Å². The second-order valence-corrected chi connectivity index (χ2v) is 9.26. The summed E-state index contributed by atoms with van der Waals surface area (Å²) in [7, 11) is 0. The van der Waals surface area contributed by atoms with Crippen molar-refractivity contribution in [1.29, 1.82) is 0 Å². The van der Waals surface area contributed by atoms with E-state index < -0.39 is 0 Å². The van der Waals surface area contributed by atoms with Crippen molar-refractivity contribution in [1.82, 2.24) is 30.2 Å². The van der Waals surface area contributed by atoms with Crippen LogP contribution in [-0.2, 0) is 4.79 Å². The highest BCUT2D eigenvalue weighted by atomic mass is 16.1. The molecule has 0 bridgehead atoms. The first-order valence-electron chi connectivity index (χ1n) is 12.3. The molecule has 0 spiro atoms. The summed E-state index contributed by atoms with van der Waals surface area (Å²) in [5.74, 6) is 1.29. The molecule has 1 unspecified atom stereocenters. The lowest BCUT2D eigenvalue weighted by atomic mass is 9.97. The number of hydrogen-bond acceptors (Lipinski definition) is 7. The number of ketones is 1. The minimum Gasteiger partial charge on any atom is -0.359 e. The van der Waals surface area contributed by atoms with E-state index in [4.69, 9.17) is 4.98 Å². The summed E-state index contributed by atoms with van der Waals surface area (Å²) in [4.78, 5) is 21.7. The van der Waals surface area contributed by atoms with Gasteiger partial charge in [0, 0.05) is 56.8 Å². The third-order valence-corrected chi connectivity index (χ3v) is 7.03. The van der Waals surface area contributed by atoms with Crippen LogP contribution >= 0.6 is 0 Å². The van der Waals surface area contributed by atoms with E-state index in [-0.39, 0.29) is 12.1 Å². The fourth-order valence-corrected chi connectivity index (χ4v) is 5.17. The summed E-state index contributed by atoms with van der Waals surface area (Å²) in [6, 6.07) is 12.6. The smallest absolute Gasteiger partial charge is 0.158 e. The van der Waals surface area contributed by atoms with Gasteiger partial charge in [-0.05, 0) is 55.8 Å². The molecule has 2 aliphatic heterocycles. The zero-order valence-corrected chi connectivity index (χ0v) is 19.3. The van der Waals surface area contributed by atoms with E-state index in [0.29, 0.717) is 6.42 Å². The van der Waals surface area contributed by atoms with Gasteiger partial charge in [-0.3, -0.25) is 15.0 Å². The van der Waals surface area contributed by atoms with Gasteiger partial charge in [-0.15, -0.1) is 0 Å². The zero-order chi connectivity index (χ0) is 22.9. The van der Waals surface area contributed by atoms with Crippen LogP contribution in [0.5, 0.6) is 0 Å². The van der Waals surface area contributed by atoms with Crippen LogP contribution in [0.2, 0.25) is 0 Å². The van der Waals surface area contributed by atoms with Gasteiger partial charge in [0.15, 0.2) is 17.9 Å². The molecule has 34 heavy (non-hydrogen) atoms. The van der Waals surface area contributed by atoms with Crippen molar-refractivity contribution in [3.05, 3.63) is 66.1 Å². The Morgan fingerprint density at radius 3 is 2.79 bits per heavy atom. The number of anilines is 1. The van der Waals surface area contributed by atoms with Crippen LogP contribution in [-0.4, -0.2) is 65.6 Å². The van der Waals surface area contributed by atoms with E-state index in [0.717, 1.165) is 74.7 Å². The summed E-state index contributed by atoms with van der Waals surface area (Å²) in [5, 5.41) is 10.3. The Morgan fingerprint density at radius 2 is 1.88 bits per heavy atom. The normalized spacial score (nSPS) is 21.1. The Labute approximate surface area is 199 Å². The van der Waals surface area contributed by atoms with Crippen LogP contribution in [0, 0.1) is 0 Å². The minimum atomic E-state index is -0.0267. The maximum atomic E-state index is 11.7. The lowest BCUT2D eigenvalue weighted by Crippen LogP contribution is -2.54. The molecular weight excluding hydrogens is 426 g/mol. The zero-order valence-electron chi connectivity index (χ0n) is 19.3. The fourth-order valence-electron chi connectivity index (χ4n) is 5.17. The SMILES string of the molecule is O=C1C=C2NC(NCCCN3CCN(c4nc5ccccc5n5cccc45)CC3)NC=C2CC1. The Bertz CT molecular complexity index is 1270. The fraction of sp³-hybridized carbons (Fsp3) is 0.385. The van der Waals surface area contributed by atoms with Crippen molar-refractivity contribution >= 4 is 28.2 Å². The number of hydrogen-bond donors (Lipinski definition) is 3. The number of piperazine rings is 1. The molecule has 1 aliphatic carbocycles. The molecule has 4 heterocycles. The topological polar surface area (TPSA) is 76.9 Å². The molecule has 6 rings (SSSR count). The first kappa shape index (κ1) is 21.2. The predicted molar refractivity (Wildman–Crippen MR) is 134 cm³/mol. The number of benzene rings is 1. The average molecular weight is 458 g/mol. The molecule has 2 aromatic heterocycles. The van der Waals surface area contributed by atoms with Crippen LogP contribution in [0.4, 0.5) is 5.82 Å². The van der Waals surface area contributed by atoms with Crippen molar-refractivity contribution in [2.45, 2.75) is 25.6 Å². The molecule has 1 aromatic carbocycles. The third-order valence-electron chi connectivity index (χ3n) is 7.03. The van der Waals surface area contributed by atoms with E-state index in [1.54, 1.807) is 6.08 Å². The van der Waals surface area contributed by atoms with Gasteiger partial charge in [0.2, 0.25) is 0 Å². The largest absolute Gasteiger partial charge is 0.359 e. The molecule has 1 fully saturated rings. The van der Waals surface area contributed by atoms with E-state index in [2.05, 4.69) is 72.7 Å². The van der Waals surface area contributed by atoms with Crippen LogP contribution in [0.1, 0.15) is 19.3 Å². The molecule has 1 atom stereocenters. The standard InChI is InChI=1S/C26H31N7O/c34-20-9-8-19-18-28-26(30-22(19)17-20)27-10-4-11-31-13-15-32(16-14-31)25-24-7-3-12-33(24)23-6-2-1-5-21(23)29-25/h1-3,5-7,12,17-18,26-28,30H,4,8-11,13-16H2. The Kier molecular flexibility index (Phi) is 5.68. The number of rotatable bonds is 6. The van der Waals surface area contributed by atoms with Gasteiger partial charge in [0.25, 0.3) is 0 Å². The molecule has 0 saturated carbocycles. The number of nitrogens with one attached hydrogen (secondary N) is 3. The van der Waals surface area contributed by atoms with Gasteiger partial charge in [0.05, 0.1) is 16.6 Å². The van der Waals surface area contributed by atoms with Crippen molar-refractivity contribution in [3.63, 3.8) is 0 Å².